The Kier molecular flexibility index (Phi) is 8.27. The van der Waals surface area contributed by atoms with Crippen molar-refractivity contribution in [2.45, 2.75) is 9.79 Å². The van der Waals surface area contributed by atoms with Gasteiger partial charge in [0, 0.05) is 16.4 Å². The van der Waals surface area contributed by atoms with Crippen LogP contribution in [0.25, 0.3) is 0 Å². The fourth-order valence-electron chi connectivity index (χ4n) is 3.47. The zero-order chi connectivity index (χ0) is 27.3. The zero-order valence-corrected chi connectivity index (χ0v) is 22.7. The molecule has 0 heterocycles. The number of benzene rings is 4. The molecule has 4 aromatic carbocycles. The maximum atomic E-state index is 13.4. The second-order valence-electron chi connectivity index (χ2n) is 7.96. The third kappa shape index (κ3) is 6.46. The molecule has 1 amide bonds. The third-order valence-corrected chi connectivity index (χ3v) is 8.98. The molecule has 0 atom stereocenters. The standard InChI is InChI=1S/C26H21Cl2N3O5S2/c27-19-11-16-25(24(28)17-19)31(38(35,36)23-9-5-2-6-10-23)18-26(32)29-20-12-14-22(15-13-20)37(33,34)30-21-7-3-1-4-8-21/h1-17,30H,18H2,(H,29,32). The zero-order valence-electron chi connectivity index (χ0n) is 19.6. The molecule has 4 aromatic rings. The molecule has 0 radical (unpaired) electrons. The number of nitrogens with zero attached hydrogens (tertiary/aromatic N) is 1. The minimum absolute atomic E-state index is 0.0134. The lowest BCUT2D eigenvalue weighted by molar-refractivity contribution is -0.114. The van der Waals surface area contributed by atoms with E-state index in [0.29, 0.717) is 10.7 Å². The van der Waals surface area contributed by atoms with Crippen molar-refractivity contribution in [3.63, 3.8) is 0 Å². The Hall–Kier alpha value is -3.57. The van der Waals surface area contributed by atoms with Gasteiger partial charge in [-0.15, -0.1) is 0 Å². The predicted octanol–water partition coefficient (Wildman–Crippen LogP) is 5.63. The predicted molar refractivity (Wildman–Crippen MR) is 150 cm³/mol. The molecule has 8 nitrogen and oxygen atoms in total. The largest absolute Gasteiger partial charge is 0.325 e. The van der Waals surface area contributed by atoms with Crippen molar-refractivity contribution in [3.8, 4) is 0 Å². The first-order valence-corrected chi connectivity index (χ1v) is 14.7. The van der Waals surface area contributed by atoms with E-state index in [1.807, 2.05) is 0 Å². The van der Waals surface area contributed by atoms with Gasteiger partial charge in [-0.25, -0.2) is 16.8 Å². The van der Waals surface area contributed by atoms with E-state index in [1.54, 1.807) is 48.5 Å². The van der Waals surface area contributed by atoms with Crippen LogP contribution in [0.1, 0.15) is 0 Å². The van der Waals surface area contributed by atoms with Crippen LogP contribution in [0.5, 0.6) is 0 Å². The van der Waals surface area contributed by atoms with Crippen molar-refractivity contribution >= 4 is 66.2 Å². The van der Waals surface area contributed by atoms with Gasteiger partial charge in [0.25, 0.3) is 20.0 Å². The fourth-order valence-corrected chi connectivity index (χ4v) is 6.55. The smallest absolute Gasteiger partial charge is 0.264 e. The third-order valence-electron chi connectivity index (χ3n) is 5.27. The highest BCUT2D eigenvalue weighted by Crippen LogP contribution is 2.32. The van der Waals surface area contributed by atoms with Crippen molar-refractivity contribution in [3.05, 3.63) is 113 Å². The van der Waals surface area contributed by atoms with E-state index in [2.05, 4.69) is 10.0 Å². The van der Waals surface area contributed by atoms with Crippen LogP contribution in [0.4, 0.5) is 17.1 Å². The van der Waals surface area contributed by atoms with E-state index >= 15 is 0 Å². The topological polar surface area (TPSA) is 113 Å². The summed E-state index contributed by atoms with van der Waals surface area (Å²) in [6.45, 7) is -0.603. The van der Waals surface area contributed by atoms with Crippen LogP contribution in [-0.4, -0.2) is 29.3 Å². The second-order valence-corrected chi connectivity index (χ2v) is 12.4. The molecule has 0 saturated carbocycles. The number of rotatable bonds is 9. The molecule has 0 aliphatic carbocycles. The van der Waals surface area contributed by atoms with Crippen molar-refractivity contribution in [1.82, 2.24) is 0 Å². The molecule has 4 rings (SSSR count). The summed E-state index contributed by atoms with van der Waals surface area (Å²) in [6, 6.07) is 25.8. The summed E-state index contributed by atoms with van der Waals surface area (Å²) >= 11 is 12.3. The molecule has 0 aliphatic heterocycles. The summed E-state index contributed by atoms with van der Waals surface area (Å²) in [4.78, 5) is 12.9. The van der Waals surface area contributed by atoms with E-state index in [9.17, 15) is 21.6 Å². The van der Waals surface area contributed by atoms with Gasteiger partial charge in [0.2, 0.25) is 5.91 Å². The van der Waals surface area contributed by atoms with Crippen molar-refractivity contribution in [2.24, 2.45) is 0 Å². The lowest BCUT2D eigenvalue weighted by atomic mass is 10.3. The Morgan fingerprint density at radius 3 is 1.92 bits per heavy atom. The number of carbonyl (C=O) groups excluding carboxylic acids is 1. The lowest BCUT2D eigenvalue weighted by Gasteiger charge is -2.25. The van der Waals surface area contributed by atoms with Crippen molar-refractivity contribution in [2.75, 3.05) is 20.9 Å². The Bertz CT molecular complexity index is 1650. The maximum Gasteiger partial charge on any atom is 0.264 e. The van der Waals surface area contributed by atoms with E-state index in [1.165, 1.54) is 54.6 Å². The average molecular weight is 591 g/mol. The maximum absolute atomic E-state index is 13.4. The number of sulfonamides is 2. The summed E-state index contributed by atoms with van der Waals surface area (Å²) in [7, 11) is -8.02. The van der Waals surface area contributed by atoms with Gasteiger partial charge in [0.1, 0.15) is 6.54 Å². The Balaban J connectivity index is 1.55. The molecule has 0 saturated heterocycles. The highest BCUT2D eigenvalue weighted by molar-refractivity contribution is 7.93. The van der Waals surface area contributed by atoms with Crippen LogP contribution in [0.15, 0.2) is 113 Å². The summed E-state index contributed by atoms with van der Waals surface area (Å²) in [5.41, 5.74) is 0.752. The van der Waals surface area contributed by atoms with Gasteiger partial charge in [-0.05, 0) is 66.7 Å². The van der Waals surface area contributed by atoms with Gasteiger partial charge in [0.15, 0.2) is 0 Å². The number of halogens is 2. The minimum Gasteiger partial charge on any atom is -0.325 e. The molecular formula is C26H21Cl2N3O5S2. The molecule has 0 fully saturated rings. The summed E-state index contributed by atoms with van der Waals surface area (Å²) < 4.78 is 55.5. The van der Waals surface area contributed by atoms with E-state index in [4.69, 9.17) is 23.2 Å². The number of hydrogen-bond donors (Lipinski definition) is 2. The van der Waals surface area contributed by atoms with Crippen LogP contribution in [-0.2, 0) is 24.8 Å². The second kappa shape index (κ2) is 11.4. The van der Waals surface area contributed by atoms with Crippen LogP contribution in [0, 0.1) is 0 Å². The highest BCUT2D eigenvalue weighted by atomic mass is 35.5. The van der Waals surface area contributed by atoms with E-state index in [-0.39, 0.29) is 26.2 Å². The number of nitrogens with one attached hydrogen (secondary N) is 2. The number of amides is 1. The number of hydrogen-bond acceptors (Lipinski definition) is 5. The van der Waals surface area contributed by atoms with Gasteiger partial charge in [-0.2, -0.15) is 0 Å². The van der Waals surface area contributed by atoms with E-state index in [0.717, 1.165) is 4.31 Å². The first-order valence-electron chi connectivity index (χ1n) is 11.1. The van der Waals surface area contributed by atoms with Gasteiger partial charge in [0.05, 0.1) is 20.5 Å². The van der Waals surface area contributed by atoms with Gasteiger partial charge < -0.3 is 5.32 Å². The molecule has 38 heavy (non-hydrogen) atoms. The fraction of sp³-hybridized carbons (Fsp3) is 0.0385. The molecule has 0 aliphatic rings. The minimum atomic E-state index is -4.18. The summed E-state index contributed by atoms with van der Waals surface area (Å²) in [5.74, 6) is -0.673. The molecular weight excluding hydrogens is 569 g/mol. The van der Waals surface area contributed by atoms with Crippen LogP contribution in [0.2, 0.25) is 10.0 Å². The average Bonchev–Trinajstić information content (AvgIpc) is 2.89. The van der Waals surface area contributed by atoms with Crippen molar-refractivity contribution < 1.29 is 21.6 Å². The first-order chi connectivity index (χ1) is 18.1. The lowest BCUT2D eigenvalue weighted by Crippen LogP contribution is -2.38. The molecule has 2 N–H and O–H groups in total. The summed E-state index contributed by atoms with van der Waals surface area (Å²) in [6.07, 6.45) is 0. The Labute approximate surface area is 230 Å². The van der Waals surface area contributed by atoms with Gasteiger partial charge in [-0.3, -0.25) is 13.8 Å². The van der Waals surface area contributed by atoms with Crippen LogP contribution in [0.3, 0.4) is 0 Å². The van der Waals surface area contributed by atoms with Gasteiger partial charge >= 0.3 is 0 Å². The van der Waals surface area contributed by atoms with Crippen molar-refractivity contribution in [1.29, 1.82) is 0 Å². The molecule has 0 aromatic heterocycles. The molecule has 0 bridgehead atoms. The molecule has 12 heteroatoms. The quantitative estimate of drug-likeness (QED) is 0.263. The molecule has 0 unspecified atom stereocenters. The normalized spacial score (nSPS) is 11.5. The van der Waals surface area contributed by atoms with Crippen LogP contribution < -0.4 is 14.3 Å². The van der Waals surface area contributed by atoms with Crippen LogP contribution >= 0.6 is 23.2 Å². The summed E-state index contributed by atoms with van der Waals surface area (Å²) in [5, 5.41) is 2.94. The Morgan fingerprint density at radius 2 is 1.32 bits per heavy atom. The highest BCUT2D eigenvalue weighted by Gasteiger charge is 2.29. The number of para-hydroxylation sites is 1. The van der Waals surface area contributed by atoms with Gasteiger partial charge in [-0.1, -0.05) is 59.6 Å². The SMILES string of the molecule is O=C(CN(c1ccc(Cl)cc1Cl)S(=O)(=O)c1ccccc1)Nc1ccc(S(=O)(=O)Nc2ccccc2)cc1. The molecule has 196 valence electrons. The number of anilines is 3. The first kappa shape index (κ1) is 27.5. The number of carbonyl (C=O) groups is 1. The molecule has 0 spiro atoms. The van der Waals surface area contributed by atoms with E-state index < -0.39 is 32.5 Å². The monoisotopic (exact) mass is 589 g/mol. The Morgan fingerprint density at radius 1 is 0.711 bits per heavy atom.